The summed E-state index contributed by atoms with van der Waals surface area (Å²) < 4.78 is 5.63. The van der Waals surface area contributed by atoms with Gasteiger partial charge < -0.3 is 15.2 Å². The van der Waals surface area contributed by atoms with Crippen molar-refractivity contribution >= 4 is 17.6 Å². The molecule has 0 aliphatic carbocycles. The van der Waals surface area contributed by atoms with Crippen molar-refractivity contribution < 1.29 is 19.4 Å². The van der Waals surface area contributed by atoms with Crippen LogP contribution in [0.3, 0.4) is 0 Å². The number of fused-ring (bicyclic) bond motifs is 2. The van der Waals surface area contributed by atoms with E-state index >= 15 is 0 Å². The number of carboxylic acids is 1. The highest BCUT2D eigenvalue weighted by molar-refractivity contribution is 5.96. The predicted octanol–water partition coefficient (Wildman–Crippen LogP) is 2.07. The molecule has 1 aromatic carbocycles. The number of hydrogen-bond donors (Lipinski definition) is 2. The first-order chi connectivity index (χ1) is 10.1. The van der Waals surface area contributed by atoms with Gasteiger partial charge in [-0.15, -0.1) is 0 Å². The Morgan fingerprint density at radius 3 is 2.57 bits per heavy atom. The Bertz CT molecular complexity index is 571. The van der Waals surface area contributed by atoms with E-state index in [4.69, 9.17) is 4.74 Å². The lowest BCUT2D eigenvalue weighted by Crippen LogP contribution is -2.41. The van der Waals surface area contributed by atoms with Crippen LogP contribution in [-0.4, -0.2) is 29.2 Å². The van der Waals surface area contributed by atoms with E-state index in [0.717, 1.165) is 30.5 Å². The summed E-state index contributed by atoms with van der Waals surface area (Å²) in [6, 6.07) is 7.60. The molecule has 0 spiro atoms. The second-order valence-corrected chi connectivity index (χ2v) is 5.68. The predicted molar refractivity (Wildman–Crippen MR) is 77.0 cm³/mol. The van der Waals surface area contributed by atoms with Crippen molar-refractivity contribution in [2.24, 2.45) is 11.8 Å². The highest BCUT2D eigenvalue weighted by atomic mass is 16.5. The van der Waals surface area contributed by atoms with Crippen LogP contribution >= 0.6 is 0 Å². The fourth-order valence-electron chi connectivity index (χ4n) is 3.49. The van der Waals surface area contributed by atoms with E-state index in [1.165, 1.54) is 0 Å². The summed E-state index contributed by atoms with van der Waals surface area (Å²) in [5.74, 6) is -2.50. The summed E-state index contributed by atoms with van der Waals surface area (Å²) >= 11 is 0. The molecule has 21 heavy (non-hydrogen) atoms. The third-order valence-corrected chi connectivity index (χ3v) is 4.52. The maximum absolute atomic E-state index is 12.5. The van der Waals surface area contributed by atoms with Crippen molar-refractivity contribution in [2.75, 3.05) is 5.32 Å². The molecule has 0 radical (unpaired) electrons. The molecule has 3 rings (SSSR count). The van der Waals surface area contributed by atoms with Gasteiger partial charge >= 0.3 is 5.97 Å². The van der Waals surface area contributed by atoms with Crippen LogP contribution in [0.5, 0.6) is 0 Å². The largest absolute Gasteiger partial charge is 0.481 e. The van der Waals surface area contributed by atoms with E-state index in [0.29, 0.717) is 0 Å². The zero-order chi connectivity index (χ0) is 15.0. The van der Waals surface area contributed by atoms with E-state index in [2.05, 4.69) is 5.32 Å². The Kier molecular flexibility index (Phi) is 3.68. The molecular weight excluding hydrogens is 270 g/mol. The second-order valence-electron chi connectivity index (χ2n) is 5.68. The summed E-state index contributed by atoms with van der Waals surface area (Å²) in [7, 11) is 0. The first-order valence-electron chi connectivity index (χ1n) is 7.39. The van der Waals surface area contributed by atoms with E-state index < -0.39 is 17.8 Å². The highest BCUT2D eigenvalue weighted by Gasteiger charge is 2.55. The molecule has 5 heteroatoms. The van der Waals surface area contributed by atoms with Crippen molar-refractivity contribution in [1.82, 2.24) is 0 Å². The van der Waals surface area contributed by atoms with Gasteiger partial charge in [0, 0.05) is 5.69 Å². The number of aryl methyl sites for hydroxylation is 1. The molecule has 2 unspecified atom stereocenters. The minimum atomic E-state index is -0.939. The Labute approximate surface area is 123 Å². The van der Waals surface area contributed by atoms with Gasteiger partial charge in [-0.1, -0.05) is 25.1 Å². The average molecular weight is 289 g/mol. The molecule has 2 N–H and O–H groups in total. The van der Waals surface area contributed by atoms with Gasteiger partial charge in [0.2, 0.25) is 5.91 Å². The highest BCUT2D eigenvalue weighted by Crippen LogP contribution is 2.44. The van der Waals surface area contributed by atoms with Gasteiger partial charge in [-0.2, -0.15) is 0 Å². The second kappa shape index (κ2) is 5.48. The lowest BCUT2D eigenvalue weighted by molar-refractivity contribution is -0.147. The fourth-order valence-corrected chi connectivity index (χ4v) is 3.49. The number of carboxylic acid groups (broad SMARTS) is 1. The summed E-state index contributed by atoms with van der Waals surface area (Å²) in [4.78, 5) is 24.0. The third-order valence-electron chi connectivity index (χ3n) is 4.52. The minimum absolute atomic E-state index is 0.240. The lowest BCUT2D eigenvalue weighted by atomic mass is 9.78. The van der Waals surface area contributed by atoms with Gasteiger partial charge in [0.25, 0.3) is 0 Å². The number of aliphatic carboxylic acids is 1. The molecule has 2 aliphatic heterocycles. The zero-order valence-corrected chi connectivity index (χ0v) is 11.9. The first-order valence-corrected chi connectivity index (χ1v) is 7.39. The zero-order valence-electron chi connectivity index (χ0n) is 11.9. The summed E-state index contributed by atoms with van der Waals surface area (Å²) in [5, 5.41) is 12.3. The molecule has 2 aliphatic rings. The van der Waals surface area contributed by atoms with Crippen LogP contribution in [0, 0.1) is 11.8 Å². The van der Waals surface area contributed by atoms with E-state index in [-0.39, 0.29) is 18.1 Å². The molecule has 2 fully saturated rings. The molecule has 0 saturated carbocycles. The number of para-hydroxylation sites is 1. The molecule has 4 atom stereocenters. The van der Waals surface area contributed by atoms with E-state index in [9.17, 15) is 14.7 Å². The molecule has 1 aromatic rings. The van der Waals surface area contributed by atoms with Gasteiger partial charge in [0.05, 0.1) is 24.0 Å². The maximum atomic E-state index is 12.5. The van der Waals surface area contributed by atoms with Crippen LogP contribution in [-0.2, 0) is 20.7 Å². The van der Waals surface area contributed by atoms with Crippen LogP contribution in [0.1, 0.15) is 25.3 Å². The van der Waals surface area contributed by atoms with Gasteiger partial charge in [-0.3, -0.25) is 9.59 Å². The fraction of sp³-hybridized carbons (Fsp3) is 0.500. The summed E-state index contributed by atoms with van der Waals surface area (Å²) in [6.45, 7) is 2.02. The standard InChI is InChI=1S/C16H19NO4/c1-2-9-5-3-4-6-10(9)17-15(18)13-11-7-8-12(21-11)14(13)16(19)20/h3-6,11-14H,2,7-8H2,1H3,(H,17,18)(H,19,20)/t11-,12+,13?,14?/m0/s1. The van der Waals surface area contributed by atoms with Gasteiger partial charge in [0.15, 0.2) is 0 Å². The number of rotatable bonds is 4. The van der Waals surface area contributed by atoms with Gasteiger partial charge in [0.1, 0.15) is 0 Å². The van der Waals surface area contributed by atoms with Crippen LogP contribution in [0.2, 0.25) is 0 Å². The molecular formula is C16H19NO4. The number of amides is 1. The van der Waals surface area contributed by atoms with Crippen molar-refractivity contribution in [3.8, 4) is 0 Å². The number of anilines is 1. The van der Waals surface area contributed by atoms with Crippen LogP contribution < -0.4 is 5.32 Å². The first kappa shape index (κ1) is 14.1. The Morgan fingerprint density at radius 2 is 1.90 bits per heavy atom. The quantitative estimate of drug-likeness (QED) is 0.889. The van der Waals surface area contributed by atoms with Crippen molar-refractivity contribution in [3.63, 3.8) is 0 Å². The minimum Gasteiger partial charge on any atom is -0.481 e. The Hall–Kier alpha value is -1.88. The summed E-state index contributed by atoms with van der Waals surface area (Å²) in [5.41, 5.74) is 1.80. The van der Waals surface area contributed by atoms with Crippen LogP contribution in [0.4, 0.5) is 5.69 Å². The Balaban J connectivity index is 1.80. The lowest BCUT2D eigenvalue weighted by Gasteiger charge is -2.24. The molecule has 0 aromatic heterocycles. The number of ether oxygens (including phenoxy) is 1. The SMILES string of the molecule is CCc1ccccc1NC(=O)C1C(C(=O)O)[C@H]2CC[C@@H]1O2. The number of carbonyl (C=O) groups excluding carboxylic acids is 1. The molecule has 2 saturated heterocycles. The van der Waals surface area contributed by atoms with E-state index in [1.54, 1.807) is 0 Å². The number of hydrogen-bond acceptors (Lipinski definition) is 3. The Morgan fingerprint density at radius 1 is 1.24 bits per heavy atom. The molecule has 112 valence electrons. The third kappa shape index (κ3) is 2.42. The van der Waals surface area contributed by atoms with Crippen LogP contribution in [0.15, 0.2) is 24.3 Å². The monoisotopic (exact) mass is 289 g/mol. The molecule has 1 amide bonds. The van der Waals surface area contributed by atoms with Gasteiger partial charge in [-0.05, 0) is 30.9 Å². The normalized spacial score (nSPS) is 30.3. The van der Waals surface area contributed by atoms with Crippen molar-refractivity contribution in [3.05, 3.63) is 29.8 Å². The number of benzene rings is 1. The molecule has 2 heterocycles. The topological polar surface area (TPSA) is 75.6 Å². The number of carbonyl (C=O) groups is 2. The molecule has 5 nitrogen and oxygen atoms in total. The van der Waals surface area contributed by atoms with Gasteiger partial charge in [-0.25, -0.2) is 0 Å². The number of nitrogens with one attached hydrogen (secondary N) is 1. The van der Waals surface area contributed by atoms with E-state index in [1.807, 2.05) is 31.2 Å². The van der Waals surface area contributed by atoms with Crippen molar-refractivity contribution in [2.45, 2.75) is 38.4 Å². The maximum Gasteiger partial charge on any atom is 0.310 e. The smallest absolute Gasteiger partial charge is 0.310 e. The molecule has 2 bridgehead atoms. The average Bonchev–Trinajstić information content (AvgIpc) is 3.08. The van der Waals surface area contributed by atoms with Crippen LogP contribution in [0.25, 0.3) is 0 Å². The van der Waals surface area contributed by atoms with Crippen molar-refractivity contribution in [1.29, 1.82) is 0 Å². The summed E-state index contributed by atoms with van der Waals surface area (Å²) in [6.07, 6.45) is 1.74.